The van der Waals surface area contributed by atoms with E-state index in [0.717, 1.165) is 33.8 Å². The zero-order chi connectivity index (χ0) is 26.3. The Labute approximate surface area is 220 Å². The summed E-state index contributed by atoms with van der Waals surface area (Å²) in [7, 11) is 1.88. The fourth-order valence-corrected chi connectivity index (χ4v) is 4.30. The van der Waals surface area contributed by atoms with Crippen LogP contribution in [-0.4, -0.2) is 65.1 Å². The van der Waals surface area contributed by atoms with E-state index in [1.165, 1.54) is 0 Å². The minimum atomic E-state index is 0.462. The molecule has 0 saturated carbocycles. The fourth-order valence-electron chi connectivity index (χ4n) is 4.30. The Morgan fingerprint density at radius 3 is 2.44 bits per heavy atom. The van der Waals surface area contributed by atoms with Gasteiger partial charge in [-0.15, -0.1) is 0 Å². The molecule has 0 atom stereocenters. The van der Waals surface area contributed by atoms with E-state index in [2.05, 4.69) is 61.6 Å². The molecule has 0 aliphatic rings. The van der Waals surface area contributed by atoms with Crippen LogP contribution in [0.2, 0.25) is 0 Å². The lowest BCUT2D eigenvalue weighted by Gasteiger charge is -2.03. The highest BCUT2D eigenvalue weighted by atomic mass is 15.3. The maximum Gasteiger partial charge on any atom is 0.217 e. The standard InChI is InChI=1S/C26H21N13/c1-14-28-25(38-33-14)26-30-20(13-39(26)2)24-32-23(36-37-24)18-9-8-16-7-6-15(11-19(16)29-18)12-21-31-22(35-34-21)17-5-3-4-10-27-17/h3-11,13H,12H2,1-2H3,(H,28,33,38)(H,31,34,35)(H,32,36,37). The Hall–Kier alpha value is -5.59. The number of nitrogens with one attached hydrogen (secondary N) is 3. The number of pyridine rings is 2. The third-order valence-corrected chi connectivity index (χ3v) is 6.18. The third kappa shape index (κ3) is 4.31. The summed E-state index contributed by atoms with van der Waals surface area (Å²) in [5, 5.41) is 22.7. The number of nitrogens with zero attached hydrogens (tertiary/aromatic N) is 10. The van der Waals surface area contributed by atoms with Crippen molar-refractivity contribution in [1.82, 2.24) is 65.1 Å². The van der Waals surface area contributed by atoms with E-state index < -0.39 is 0 Å². The topological polar surface area (TPSA) is 168 Å². The maximum absolute atomic E-state index is 4.84. The molecule has 0 unspecified atom stereocenters. The lowest BCUT2D eigenvalue weighted by atomic mass is 10.1. The molecule has 7 rings (SSSR count). The number of aryl methyl sites for hydroxylation is 2. The van der Waals surface area contributed by atoms with Crippen molar-refractivity contribution in [3.05, 3.63) is 78.1 Å². The largest absolute Gasteiger partial charge is 0.331 e. The summed E-state index contributed by atoms with van der Waals surface area (Å²) in [4.78, 5) is 27.4. The van der Waals surface area contributed by atoms with Gasteiger partial charge in [0.15, 0.2) is 17.5 Å². The first-order chi connectivity index (χ1) is 19.1. The molecule has 7 aromatic rings. The van der Waals surface area contributed by atoms with Gasteiger partial charge in [-0.3, -0.25) is 20.3 Å². The van der Waals surface area contributed by atoms with E-state index in [1.807, 2.05) is 67.2 Å². The number of hydrogen-bond donors (Lipinski definition) is 3. The number of aromatic amines is 3. The second-order valence-electron chi connectivity index (χ2n) is 9.03. The first kappa shape index (κ1) is 22.6. The van der Waals surface area contributed by atoms with E-state index in [1.54, 1.807) is 6.20 Å². The number of fused-ring (bicyclic) bond motifs is 1. The number of H-pyrrole nitrogens is 3. The molecule has 0 fully saturated rings. The SMILES string of the molecule is Cc1nc(-c2nc(-c3n[nH]c(-c4ccc5ccc(Cc6nc(-c7ccccn7)n[nH]6)cc5n4)n3)cn2C)n[nH]1. The van der Waals surface area contributed by atoms with Crippen LogP contribution >= 0.6 is 0 Å². The molecule has 13 heteroatoms. The van der Waals surface area contributed by atoms with E-state index in [-0.39, 0.29) is 0 Å². The molecule has 3 N–H and O–H groups in total. The Morgan fingerprint density at radius 1 is 0.744 bits per heavy atom. The molecule has 0 saturated heterocycles. The molecule has 0 radical (unpaired) electrons. The van der Waals surface area contributed by atoms with E-state index >= 15 is 0 Å². The Bertz CT molecular complexity index is 1930. The average molecular weight is 516 g/mol. The van der Waals surface area contributed by atoms with Gasteiger partial charge in [0.1, 0.15) is 28.7 Å². The molecule has 1 aromatic carbocycles. The summed E-state index contributed by atoms with van der Waals surface area (Å²) >= 11 is 0. The van der Waals surface area contributed by atoms with Gasteiger partial charge in [-0.2, -0.15) is 15.3 Å². The van der Waals surface area contributed by atoms with Gasteiger partial charge in [0.25, 0.3) is 0 Å². The van der Waals surface area contributed by atoms with Crippen molar-refractivity contribution < 1.29 is 0 Å². The molecule has 6 heterocycles. The van der Waals surface area contributed by atoms with Gasteiger partial charge in [-0.1, -0.05) is 24.3 Å². The van der Waals surface area contributed by atoms with E-state index in [9.17, 15) is 0 Å². The van der Waals surface area contributed by atoms with Crippen LogP contribution in [-0.2, 0) is 13.5 Å². The van der Waals surface area contributed by atoms with Crippen molar-refractivity contribution >= 4 is 10.9 Å². The molecular formula is C26H21N13. The lowest BCUT2D eigenvalue weighted by Crippen LogP contribution is -1.93. The van der Waals surface area contributed by atoms with Gasteiger partial charge in [0, 0.05) is 31.2 Å². The molecule has 39 heavy (non-hydrogen) atoms. The second-order valence-corrected chi connectivity index (χ2v) is 9.03. The predicted molar refractivity (Wildman–Crippen MR) is 142 cm³/mol. The van der Waals surface area contributed by atoms with Crippen molar-refractivity contribution in [2.75, 3.05) is 0 Å². The first-order valence-electron chi connectivity index (χ1n) is 12.2. The molecule has 6 aromatic heterocycles. The van der Waals surface area contributed by atoms with Gasteiger partial charge in [-0.05, 0) is 36.8 Å². The normalized spacial score (nSPS) is 11.4. The summed E-state index contributed by atoms with van der Waals surface area (Å²) in [6.07, 6.45) is 4.15. The van der Waals surface area contributed by atoms with Crippen LogP contribution in [0.15, 0.2) is 60.9 Å². The summed E-state index contributed by atoms with van der Waals surface area (Å²) in [6, 6.07) is 15.7. The summed E-state index contributed by atoms with van der Waals surface area (Å²) in [5.41, 5.74) is 3.91. The van der Waals surface area contributed by atoms with Crippen molar-refractivity contribution in [1.29, 1.82) is 0 Å². The van der Waals surface area contributed by atoms with Crippen LogP contribution < -0.4 is 0 Å². The van der Waals surface area contributed by atoms with E-state index in [0.29, 0.717) is 46.9 Å². The van der Waals surface area contributed by atoms with E-state index in [4.69, 9.17) is 4.98 Å². The van der Waals surface area contributed by atoms with Crippen LogP contribution in [0.5, 0.6) is 0 Å². The first-order valence-corrected chi connectivity index (χ1v) is 12.2. The highest BCUT2D eigenvalue weighted by molar-refractivity contribution is 5.81. The van der Waals surface area contributed by atoms with Crippen LogP contribution in [0, 0.1) is 6.92 Å². The van der Waals surface area contributed by atoms with Gasteiger partial charge in [0.2, 0.25) is 11.6 Å². The molecule has 0 bridgehead atoms. The summed E-state index contributed by atoms with van der Waals surface area (Å²) in [6.45, 7) is 1.84. The Kier molecular flexibility index (Phi) is 5.25. The molecule has 0 spiro atoms. The highest BCUT2D eigenvalue weighted by Gasteiger charge is 2.17. The Morgan fingerprint density at radius 2 is 1.59 bits per heavy atom. The average Bonchev–Trinajstić information content (AvgIpc) is 3.76. The zero-order valence-corrected chi connectivity index (χ0v) is 21.0. The highest BCUT2D eigenvalue weighted by Crippen LogP contribution is 2.24. The van der Waals surface area contributed by atoms with Crippen LogP contribution in [0.4, 0.5) is 0 Å². The smallest absolute Gasteiger partial charge is 0.217 e. The van der Waals surface area contributed by atoms with Crippen molar-refractivity contribution in [3.63, 3.8) is 0 Å². The molecule has 0 aliphatic carbocycles. The molecule has 13 nitrogen and oxygen atoms in total. The monoisotopic (exact) mass is 515 g/mol. The van der Waals surface area contributed by atoms with Crippen LogP contribution in [0.1, 0.15) is 17.2 Å². The summed E-state index contributed by atoms with van der Waals surface area (Å²) in [5.74, 6) is 4.19. The maximum atomic E-state index is 4.84. The minimum Gasteiger partial charge on any atom is -0.331 e. The number of benzene rings is 1. The molecular weight excluding hydrogens is 494 g/mol. The summed E-state index contributed by atoms with van der Waals surface area (Å²) < 4.78 is 1.84. The quantitative estimate of drug-likeness (QED) is 0.301. The van der Waals surface area contributed by atoms with Crippen molar-refractivity contribution in [2.24, 2.45) is 7.05 Å². The number of imidazole rings is 1. The van der Waals surface area contributed by atoms with Crippen molar-refractivity contribution in [2.45, 2.75) is 13.3 Å². The van der Waals surface area contributed by atoms with Gasteiger partial charge < -0.3 is 4.57 Å². The molecule has 0 aliphatic heterocycles. The minimum absolute atomic E-state index is 0.462. The second kappa shape index (κ2) is 9.06. The lowest BCUT2D eigenvalue weighted by molar-refractivity contribution is 0.907. The van der Waals surface area contributed by atoms with Gasteiger partial charge >= 0.3 is 0 Å². The fraction of sp³-hybridized carbons (Fsp3) is 0.115. The van der Waals surface area contributed by atoms with Gasteiger partial charge in [-0.25, -0.2) is 24.9 Å². The predicted octanol–water partition coefficient (Wildman–Crippen LogP) is 3.28. The number of aromatic nitrogens is 13. The van der Waals surface area contributed by atoms with Crippen LogP contribution in [0.25, 0.3) is 57.1 Å². The van der Waals surface area contributed by atoms with Crippen LogP contribution in [0.3, 0.4) is 0 Å². The van der Waals surface area contributed by atoms with Gasteiger partial charge in [0.05, 0.1) is 5.52 Å². The number of rotatable bonds is 6. The number of hydrogen-bond acceptors (Lipinski definition) is 9. The molecule has 0 amide bonds. The van der Waals surface area contributed by atoms with Crippen molar-refractivity contribution in [3.8, 4) is 46.2 Å². The zero-order valence-electron chi connectivity index (χ0n) is 21.0. The molecule has 190 valence electrons. The third-order valence-electron chi connectivity index (χ3n) is 6.18. The Balaban J connectivity index is 1.14.